The summed E-state index contributed by atoms with van der Waals surface area (Å²) in [6.45, 7) is 20.2. The van der Waals surface area contributed by atoms with Crippen molar-refractivity contribution in [2.24, 2.45) is 5.73 Å². The number of carbonyl (C=O) groups is 6. The fourth-order valence-corrected chi connectivity index (χ4v) is 11.1. The van der Waals surface area contributed by atoms with E-state index in [2.05, 4.69) is 89.9 Å². The van der Waals surface area contributed by atoms with Crippen molar-refractivity contribution in [2.75, 3.05) is 26.1 Å². The molecule has 19 nitrogen and oxygen atoms in total. The van der Waals surface area contributed by atoms with Crippen LogP contribution < -0.4 is 20.7 Å². The number of primary amides is 1. The number of para-hydroxylation sites is 1. The summed E-state index contributed by atoms with van der Waals surface area (Å²) in [6.07, 6.45) is 3.15. The van der Waals surface area contributed by atoms with Gasteiger partial charge in [0.25, 0.3) is 0 Å². The number of benzene rings is 11. The Balaban J connectivity index is 0.000000210. The van der Waals surface area contributed by atoms with Crippen molar-refractivity contribution in [2.45, 2.75) is 97.8 Å². The van der Waals surface area contributed by atoms with E-state index >= 15 is 0 Å². The van der Waals surface area contributed by atoms with Crippen LogP contribution in [0.15, 0.2) is 248 Å². The molecule has 13 aromatic rings. The van der Waals surface area contributed by atoms with E-state index in [1.165, 1.54) is 40.3 Å². The van der Waals surface area contributed by atoms with Crippen molar-refractivity contribution in [3.63, 3.8) is 0 Å². The molecule has 22 heteroatoms. The molecule has 0 radical (unpaired) electrons. The molecule has 0 spiro atoms. The number of aldehydes is 1. The third kappa shape index (κ3) is 27.1. The van der Waals surface area contributed by atoms with Gasteiger partial charge < -0.3 is 35.8 Å². The summed E-state index contributed by atoms with van der Waals surface area (Å²) in [5.41, 5.74) is 19.2. The standard InChI is InChI=1S/C19H21O2P.C17H18N3O.C15H15N3O.C13H10O2S.C11H12O2.C9H12N2O.C7H6O2.U/c1-19(2,3)15-8-4-13(5-9-15)17(20)12-18(21)14-6-10-16(22)11-7-14;1-11-9-12(17(2,3)4)16(21)15(10-11)20-18-13-7-5-6-8-14(13)19-20;1-3-11-8-10(2)9-14(15(11)19)18-16-12-6-4-5-7-13(12)17-18;14-12-8-10(16)6-7-11(12)13(15)9-4-2-1-3-5-9;1-9(12)3-4-10-5-7-11(13-2)8-6-10;1-11(2)8-5-3-7(4-6-8)9(10)12;8-5-6-3-1-2-4-7(6)9;/h4-11H,12,22H2,1-3H3;5,7-10,21H,1-4H3;4-9,19H,3H2,1-2H3;1-8,14,16H;3-8H,1-2H3;3-6H,1-2H3,(H2,10,12);1-5,9H;/q;-1;;;;;;/b;;;;4-3+;;;/i;;;;;;5T;. The number of amides is 1. The van der Waals surface area contributed by atoms with Gasteiger partial charge in [0, 0.05) is 94.6 Å². The summed E-state index contributed by atoms with van der Waals surface area (Å²) in [5, 5.41) is 58.2. The molecule has 0 fully saturated rings. The van der Waals surface area contributed by atoms with Crippen molar-refractivity contribution in [3.8, 4) is 40.1 Å². The van der Waals surface area contributed by atoms with Gasteiger partial charge in [-0.05, 0) is 168 Å². The molecule has 1 unspecified atom stereocenters. The van der Waals surface area contributed by atoms with Crippen LogP contribution in [-0.4, -0.2) is 107 Å². The quantitative estimate of drug-likeness (QED) is 0.0106. The number of ether oxygens (including phenoxy) is 1. The van der Waals surface area contributed by atoms with E-state index in [1.54, 1.807) is 104 Å². The van der Waals surface area contributed by atoms with Crippen LogP contribution in [0, 0.1) is 51.0 Å². The van der Waals surface area contributed by atoms with Crippen molar-refractivity contribution < 1.29 is 86.4 Å². The average molecular weight is 1780 g/mol. The Hall–Kier alpha value is -11.6. The first-order chi connectivity index (χ1) is 53.5. The number of aryl methyl sites for hydroxylation is 3. The molecule has 0 aliphatic rings. The van der Waals surface area contributed by atoms with Gasteiger partial charge in [0.1, 0.15) is 52.5 Å². The Labute approximate surface area is 693 Å². The number of nitrogens with two attached hydrogens (primary N) is 1. The molecule has 1 atom stereocenters. The number of phenols is 4. The van der Waals surface area contributed by atoms with Crippen molar-refractivity contribution in [1.82, 2.24) is 30.0 Å². The molecule has 0 aliphatic carbocycles. The molecule has 1 amide bonds. The van der Waals surface area contributed by atoms with E-state index in [0.29, 0.717) is 44.1 Å². The van der Waals surface area contributed by atoms with Gasteiger partial charge in [0.05, 0.1) is 24.7 Å². The number of hydrogen-bond donors (Lipinski definition) is 6. The van der Waals surface area contributed by atoms with Crippen LogP contribution in [-0.2, 0) is 22.0 Å². The fraction of sp³-hybridized carbons (Fsp3) is 0.187. The number of anilines is 1. The van der Waals surface area contributed by atoms with Crippen LogP contribution in [0.2, 0.25) is 0 Å². The second-order valence-electron chi connectivity index (χ2n) is 28.0. The van der Waals surface area contributed by atoms with Crippen LogP contribution in [0.1, 0.15) is 154 Å². The molecule has 2 heterocycles. The maximum absolute atomic E-state index is 12.2. The predicted octanol–water partition coefficient (Wildman–Crippen LogP) is 17.7. The predicted molar refractivity (Wildman–Crippen MR) is 452 cm³/mol. The van der Waals surface area contributed by atoms with Gasteiger partial charge in [-0.2, -0.15) is 22.0 Å². The number of hydrogen-bond acceptors (Lipinski definition) is 17. The second-order valence-corrected chi connectivity index (χ2v) is 29.2. The van der Waals surface area contributed by atoms with Crippen molar-refractivity contribution >= 4 is 96.3 Å². The molecule has 11 aromatic carbocycles. The zero-order chi connectivity index (χ0) is 82.9. The molecule has 0 saturated carbocycles. The first kappa shape index (κ1) is 88.6. The third-order valence-corrected chi connectivity index (χ3v) is 17.5. The number of allylic oxidation sites excluding steroid dienone is 1. The Morgan fingerprint density at radius 1 is 0.602 bits per heavy atom. The first-order valence-corrected chi connectivity index (χ1v) is 36.6. The molecule has 0 saturated heterocycles. The number of nitrogens with zero attached hydrogens (tertiary/aromatic N) is 7. The van der Waals surface area contributed by atoms with Gasteiger partial charge in [-0.3, -0.25) is 28.8 Å². The normalized spacial score (nSPS) is 10.7. The number of Topliss-reactive ketones (excluding diaryl/α,β-unsaturated/α-hetero) is 2. The van der Waals surface area contributed by atoms with Gasteiger partial charge in [-0.15, -0.1) is 49.0 Å². The third-order valence-electron chi connectivity index (χ3n) is 16.9. The SMILES string of the molecule is CC(C)(C)c1ccc(C(=O)CC(=O)c2ccc(P)cc2)cc1.CCc1cc(C)cc(-n2nc3ccccc3n2)c1O.CN(C)c1ccc(C(N)=O)cc1.COc1ccc(/C=C/C(C)=O)cc1.Cc1cc(-n2nc3c[c-]ccc3n2)c(O)c(C(C)(C)C)c1.O=C(c1ccccc1)c1ccc(S)cc1O.[3H]C(=O)c1ccccc1O.[U]. The van der Waals surface area contributed by atoms with Gasteiger partial charge >= 0.3 is 0 Å². The van der Waals surface area contributed by atoms with E-state index in [1.807, 2.05) is 173 Å². The van der Waals surface area contributed by atoms with Crippen LogP contribution >= 0.6 is 21.9 Å². The average Bonchev–Trinajstić information content (AvgIpc) is 1.59. The fourth-order valence-electron chi connectivity index (χ4n) is 10.7. The van der Waals surface area contributed by atoms with Crippen LogP contribution in [0.4, 0.5) is 5.69 Å². The minimum atomic E-state index is -0.863. The molecule has 0 aliphatic heterocycles. The topological polar surface area (TPSA) is 283 Å². The monoisotopic (exact) mass is 1780 g/mol. The van der Waals surface area contributed by atoms with Crippen LogP contribution in [0.25, 0.3) is 39.5 Å². The zero-order valence-corrected chi connectivity index (χ0v) is 71.7. The number of carbonyl (C=O) groups excluding carboxylic acids is 6. The van der Waals surface area contributed by atoms with Crippen LogP contribution in [0.5, 0.6) is 28.7 Å². The summed E-state index contributed by atoms with van der Waals surface area (Å²) < 4.78 is 11.7. The number of rotatable bonds is 15. The Morgan fingerprint density at radius 2 is 1.12 bits per heavy atom. The maximum Gasteiger partial charge on any atom is 0.248 e. The summed E-state index contributed by atoms with van der Waals surface area (Å²) in [4.78, 5) is 73.6. The molecule has 6 N–H and O–H groups in total. The van der Waals surface area contributed by atoms with Gasteiger partial charge in [0.2, 0.25) is 5.91 Å². The number of methoxy groups -OCH3 is 1. The van der Waals surface area contributed by atoms with Crippen molar-refractivity contribution in [1.29, 1.82) is 0 Å². The Bertz CT molecular complexity index is 5410. The Kier molecular flexibility index (Phi) is 33.5. The molecule has 113 heavy (non-hydrogen) atoms. The maximum atomic E-state index is 12.2. The van der Waals surface area contributed by atoms with Crippen LogP contribution in [0.3, 0.4) is 0 Å². The first-order valence-electron chi connectivity index (χ1n) is 36.1. The largest absolute Gasteiger partial charge is 0.507 e. The number of ketones is 4. The molecule has 0 bridgehead atoms. The Morgan fingerprint density at radius 3 is 1.60 bits per heavy atom. The zero-order valence-electron chi connectivity index (χ0n) is 66.5. The molecular weight excluding hydrogens is 1680 g/mol. The van der Waals surface area contributed by atoms with E-state index in [9.17, 15) is 44.1 Å². The minimum Gasteiger partial charge on any atom is -0.507 e. The number of aromatic nitrogens is 6. The van der Waals surface area contributed by atoms with E-state index in [0.717, 1.165) is 73.0 Å². The van der Waals surface area contributed by atoms with Gasteiger partial charge in [-0.1, -0.05) is 182 Å². The molecule has 2 aromatic heterocycles. The molecule has 580 valence electrons. The summed E-state index contributed by atoms with van der Waals surface area (Å²) >= 11 is 4.09. The summed E-state index contributed by atoms with van der Waals surface area (Å²) in [5.74, 6) is 0.326. The number of fused-ring (bicyclic) bond motifs is 2. The van der Waals surface area contributed by atoms with Crippen molar-refractivity contribution in [3.05, 3.63) is 315 Å². The van der Waals surface area contributed by atoms with E-state index < -0.39 is 6.26 Å². The minimum absolute atomic E-state index is 0. The summed E-state index contributed by atoms with van der Waals surface area (Å²) in [6, 6.07) is 72.9. The number of aromatic hydroxyl groups is 4. The smallest absolute Gasteiger partial charge is 0.248 e. The van der Waals surface area contributed by atoms with E-state index in [4.69, 9.17) is 16.9 Å². The van der Waals surface area contributed by atoms with Gasteiger partial charge in [-0.25, -0.2) is 5.10 Å². The molecule has 13 rings (SSSR count). The molecular formula is C91H94N8O11PSU-. The number of thiol groups is 1. The second kappa shape index (κ2) is 42.7. The van der Waals surface area contributed by atoms with Gasteiger partial charge in [0.15, 0.2) is 29.4 Å². The number of phenolic OH excluding ortho intramolecular Hbond substituents is 4. The van der Waals surface area contributed by atoms with E-state index in [-0.39, 0.29) is 106 Å². The summed E-state index contributed by atoms with van der Waals surface area (Å²) in [7, 11) is 8.08.